The van der Waals surface area contributed by atoms with E-state index in [-0.39, 0.29) is 17.9 Å². The Hall–Kier alpha value is -1.45. The molecule has 0 unspecified atom stereocenters. The van der Waals surface area contributed by atoms with Gasteiger partial charge in [-0.25, -0.2) is 17.9 Å². The Morgan fingerprint density at radius 1 is 1.35 bits per heavy atom. The van der Waals surface area contributed by atoms with Gasteiger partial charge in [-0.15, -0.1) is 0 Å². The number of aromatic amines is 1. The summed E-state index contributed by atoms with van der Waals surface area (Å²) in [4.78, 5) is 25.4. The minimum atomic E-state index is -3.58. The molecule has 1 aromatic heterocycles. The van der Waals surface area contributed by atoms with E-state index < -0.39 is 26.9 Å². The van der Waals surface area contributed by atoms with Crippen LogP contribution in [0.25, 0.3) is 0 Å². The van der Waals surface area contributed by atoms with Gasteiger partial charge in [0.1, 0.15) is 0 Å². The summed E-state index contributed by atoms with van der Waals surface area (Å²) in [6, 6.07) is 0. The topological polar surface area (TPSA) is 110 Å². The zero-order valence-electron chi connectivity index (χ0n) is 13.4. The highest BCUT2D eigenvalue weighted by Crippen LogP contribution is 2.36. The second-order valence-electron chi connectivity index (χ2n) is 5.75. The number of H-pyrrole nitrogens is 1. The van der Waals surface area contributed by atoms with Gasteiger partial charge in [-0.2, -0.15) is 0 Å². The van der Waals surface area contributed by atoms with E-state index in [1.54, 1.807) is 6.92 Å². The van der Waals surface area contributed by atoms with Gasteiger partial charge in [-0.1, -0.05) is 0 Å². The number of aryl methyl sites for hydroxylation is 1. The first-order chi connectivity index (χ1) is 10.8. The number of rotatable bonds is 8. The van der Waals surface area contributed by atoms with Crippen LogP contribution >= 0.6 is 0 Å². The Morgan fingerprint density at radius 3 is 2.57 bits per heavy atom. The van der Waals surface area contributed by atoms with Crippen molar-refractivity contribution in [1.29, 1.82) is 0 Å². The molecule has 130 valence electrons. The predicted octanol–water partition coefficient (Wildman–Crippen LogP) is -0.0649. The zero-order chi connectivity index (χ0) is 17.1. The highest BCUT2D eigenvalue weighted by molar-refractivity contribution is 7.89. The van der Waals surface area contributed by atoms with Crippen molar-refractivity contribution in [2.45, 2.75) is 51.8 Å². The number of ether oxygens (including phenoxy) is 1. The van der Waals surface area contributed by atoms with Gasteiger partial charge in [0.2, 0.25) is 10.0 Å². The summed E-state index contributed by atoms with van der Waals surface area (Å²) >= 11 is 0. The molecule has 0 amide bonds. The first-order valence-electron chi connectivity index (χ1n) is 7.75. The van der Waals surface area contributed by atoms with E-state index in [4.69, 9.17) is 4.74 Å². The maximum atomic E-state index is 12.2. The molecule has 0 spiro atoms. The zero-order valence-corrected chi connectivity index (χ0v) is 14.2. The number of hydrogen-bond acceptors (Lipinski definition) is 5. The third-order valence-electron chi connectivity index (χ3n) is 4.08. The second-order valence-corrected chi connectivity index (χ2v) is 7.56. The molecule has 1 fully saturated rings. The molecule has 1 aliphatic rings. The van der Waals surface area contributed by atoms with Crippen LogP contribution in [0.15, 0.2) is 15.8 Å². The predicted molar refractivity (Wildman–Crippen MR) is 85.8 cm³/mol. The molecule has 0 aliphatic heterocycles. The lowest BCUT2D eigenvalue weighted by atomic mass is 9.82. The molecule has 1 saturated carbocycles. The Labute approximate surface area is 134 Å². The lowest BCUT2D eigenvalue weighted by Crippen LogP contribution is -2.49. The fourth-order valence-electron chi connectivity index (χ4n) is 2.71. The summed E-state index contributed by atoms with van der Waals surface area (Å²) in [7, 11) is -3.58. The van der Waals surface area contributed by atoms with Crippen LogP contribution in [0.5, 0.6) is 0 Å². The Morgan fingerprint density at radius 2 is 2.04 bits per heavy atom. The highest BCUT2D eigenvalue weighted by Gasteiger charge is 2.41. The average Bonchev–Trinajstić information content (AvgIpc) is 2.44. The minimum absolute atomic E-state index is 0.112. The molecule has 9 heteroatoms. The molecule has 0 atom stereocenters. The Balaban J connectivity index is 2.08. The third-order valence-corrected chi connectivity index (χ3v) is 5.57. The summed E-state index contributed by atoms with van der Waals surface area (Å²) in [5.74, 6) is -0.112. The van der Waals surface area contributed by atoms with Gasteiger partial charge in [-0.3, -0.25) is 9.78 Å². The maximum Gasteiger partial charge on any atom is 0.328 e. The van der Waals surface area contributed by atoms with Crippen LogP contribution in [0.2, 0.25) is 0 Å². The molecular formula is C14H23N3O5S. The van der Waals surface area contributed by atoms with E-state index in [2.05, 4.69) is 9.71 Å². The van der Waals surface area contributed by atoms with Crippen LogP contribution in [0.1, 0.15) is 38.7 Å². The van der Waals surface area contributed by atoms with Crippen molar-refractivity contribution in [3.8, 4) is 0 Å². The van der Waals surface area contributed by atoms with E-state index in [1.807, 2.05) is 6.92 Å². The monoisotopic (exact) mass is 345 g/mol. The standard InChI is InChI=1S/C14H23N3O5S/c1-3-17-9-11(12(18)16-13(17)19)8-15-23(20,21)10-14(22-4-2)6-5-7-14/h9,15H,3-8,10H2,1-2H3,(H,16,18,19). The molecule has 1 aromatic rings. The van der Waals surface area contributed by atoms with Gasteiger partial charge in [0.05, 0.1) is 11.4 Å². The molecule has 23 heavy (non-hydrogen) atoms. The third kappa shape index (κ3) is 4.30. The van der Waals surface area contributed by atoms with Crippen molar-refractivity contribution in [2.75, 3.05) is 12.4 Å². The molecule has 2 N–H and O–H groups in total. The first kappa shape index (κ1) is 17.9. The fraction of sp³-hybridized carbons (Fsp3) is 0.714. The summed E-state index contributed by atoms with van der Waals surface area (Å²) in [5.41, 5.74) is -1.48. The molecule has 0 radical (unpaired) electrons. The van der Waals surface area contributed by atoms with E-state index >= 15 is 0 Å². The van der Waals surface area contributed by atoms with Crippen molar-refractivity contribution in [2.24, 2.45) is 0 Å². The van der Waals surface area contributed by atoms with E-state index in [1.165, 1.54) is 10.8 Å². The van der Waals surface area contributed by atoms with Crippen LogP contribution in [0.3, 0.4) is 0 Å². The fourth-order valence-corrected chi connectivity index (χ4v) is 4.25. The van der Waals surface area contributed by atoms with E-state index in [0.717, 1.165) is 19.3 Å². The number of hydrogen-bond donors (Lipinski definition) is 2. The van der Waals surface area contributed by atoms with Crippen LogP contribution in [-0.2, 0) is 27.8 Å². The Kier molecular flexibility index (Phi) is 5.43. The second kappa shape index (κ2) is 6.98. The van der Waals surface area contributed by atoms with Crippen molar-refractivity contribution < 1.29 is 13.2 Å². The summed E-state index contributed by atoms with van der Waals surface area (Å²) in [6.07, 6.45) is 3.79. The van der Waals surface area contributed by atoms with Gasteiger partial charge in [0.25, 0.3) is 5.56 Å². The number of nitrogens with zero attached hydrogens (tertiary/aromatic N) is 1. The number of aromatic nitrogens is 2. The number of sulfonamides is 1. The number of nitrogens with one attached hydrogen (secondary N) is 2. The first-order valence-corrected chi connectivity index (χ1v) is 9.40. The molecule has 0 aromatic carbocycles. The smallest absolute Gasteiger partial charge is 0.328 e. The summed E-state index contributed by atoms with van der Waals surface area (Å²) in [5, 5.41) is 0. The van der Waals surface area contributed by atoms with Crippen LogP contribution in [-0.4, -0.2) is 35.9 Å². The maximum absolute atomic E-state index is 12.2. The van der Waals surface area contributed by atoms with E-state index in [9.17, 15) is 18.0 Å². The van der Waals surface area contributed by atoms with Crippen molar-refractivity contribution in [3.63, 3.8) is 0 Å². The largest absolute Gasteiger partial charge is 0.374 e. The van der Waals surface area contributed by atoms with Crippen molar-refractivity contribution >= 4 is 10.0 Å². The van der Waals surface area contributed by atoms with Gasteiger partial charge in [0, 0.05) is 31.5 Å². The van der Waals surface area contributed by atoms with Crippen molar-refractivity contribution in [1.82, 2.24) is 14.3 Å². The lowest BCUT2D eigenvalue weighted by Gasteiger charge is -2.40. The van der Waals surface area contributed by atoms with Crippen LogP contribution in [0, 0.1) is 0 Å². The van der Waals surface area contributed by atoms with Gasteiger partial charge in [0.15, 0.2) is 0 Å². The van der Waals surface area contributed by atoms with Gasteiger partial charge < -0.3 is 9.30 Å². The molecule has 0 saturated heterocycles. The quantitative estimate of drug-likeness (QED) is 0.685. The SMILES string of the molecule is CCOC1(CS(=O)(=O)NCc2cn(CC)c(=O)[nH]c2=O)CCC1. The molecule has 1 aliphatic carbocycles. The summed E-state index contributed by atoms with van der Waals surface area (Å²) in [6.45, 7) is 4.31. The van der Waals surface area contributed by atoms with Crippen molar-refractivity contribution in [3.05, 3.63) is 32.6 Å². The minimum Gasteiger partial charge on any atom is -0.374 e. The van der Waals surface area contributed by atoms with Gasteiger partial charge in [-0.05, 0) is 33.1 Å². The average molecular weight is 345 g/mol. The lowest BCUT2D eigenvalue weighted by molar-refractivity contribution is -0.0770. The van der Waals surface area contributed by atoms with Crippen LogP contribution in [0.4, 0.5) is 0 Å². The molecule has 0 bridgehead atoms. The Bertz CT molecular complexity index is 761. The molecule has 8 nitrogen and oxygen atoms in total. The van der Waals surface area contributed by atoms with Gasteiger partial charge >= 0.3 is 5.69 Å². The molecule has 2 rings (SSSR count). The van der Waals surface area contributed by atoms with Crippen LogP contribution < -0.4 is 16.0 Å². The molecular weight excluding hydrogens is 322 g/mol. The normalized spacial score (nSPS) is 17.0. The molecule has 1 heterocycles. The highest BCUT2D eigenvalue weighted by atomic mass is 32.2. The summed E-state index contributed by atoms with van der Waals surface area (Å²) < 4.78 is 33.8. The van der Waals surface area contributed by atoms with E-state index in [0.29, 0.717) is 13.2 Å².